The van der Waals surface area contributed by atoms with Crippen LogP contribution in [0.3, 0.4) is 0 Å². The zero-order chi connectivity index (χ0) is 11.4. The van der Waals surface area contributed by atoms with Gasteiger partial charge < -0.3 is 4.74 Å². The quantitative estimate of drug-likeness (QED) is 0.598. The van der Waals surface area contributed by atoms with E-state index in [0.717, 1.165) is 25.9 Å². The molecule has 0 aliphatic carbocycles. The molecule has 1 saturated heterocycles. The van der Waals surface area contributed by atoms with Crippen molar-refractivity contribution in [3.63, 3.8) is 0 Å². The molecule has 1 aromatic carbocycles. The van der Waals surface area contributed by atoms with E-state index < -0.39 is 0 Å². The number of aryl methyl sites for hydroxylation is 1. The molecule has 1 aromatic rings. The Kier molecular flexibility index (Phi) is 3.93. The van der Waals surface area contributed by atoms with E-state index in [1.54, 1.807) is 0 Å². The third-order valence-electron chi connectivity index (χ3n) is 3.17. The van der Waals surface area contributed by atoms with Gasteiger partial charge in [0.2, 0.25) is 0 Å². The number of nitrogens with two attached hydrogens (primary N) is 1. The van der Waals surface area contributed by atoms with E-state index in [4.69, 9.17) is 10.6 Å². The van der Waals surface area contributed by atoms with E-state index in [1.165, 1.54) is 11.1 Å². The van der Waals surface area contributed by atoms with Crippen molar-refractivity contribution >= 4 is 0 Å². The lowest BCUT2D eigenvalue weighted by Gasteiger charge is -2.22. The maximum Gasteiger partial charge on any atom is 0.0745 e. The summed E-state index contributed by atoms with van der Waals surface area (Å²) in [4.78, 5) is 0. The van der Waals surface area contributed by atoms with Crippen molar-refractivity contribution in [1.82, 2.24) is 5.43 Å². The Morgan fingerprint density at radius 1 is 1.56 bits per heavy atom. The molecule has 1 heterocycles. The van der Waals surface area contributed by atoms with Gasteiger partial charge in [0, 0.05) is 6.61 Å². The Bertz CT molecular complexity index is 334. The second-order valence-electron chi connectivity index (χ2n) is 4.52. The second kappa shape index (κ2) is 5.43. The fourth-order valence-corrected chi connectivity index (χ4v) is 2.31. The van der Waals surface area contributed by atoms with Crippen LogP contribution in [0, 0.1) is 6.92 Å². The van der Waals surface area contributed by atoms with Crippen molar-refractivity contribution in [2.24, 2.45) is 5.84 Å². The van der Waals surface area contributed by atoms with E-state index in [0.29, 0.717) is 0 Å². The summed E-state index contributed by atoms with van der Waals surface area (Å²) in [6.07, 6.45) is 3.46. The third kappa shape index (κ3) is 2.82. The lowest BCUT2D eigenvalue weighted by molar-refractivity contribution is 0.0784. The summed E-state index contributed by atoms with van der Waals surface area (Å²) in [6, 6.07) is 8.78. The van der Waals surface area contributed by atoms with Gasteiger partial charge in [0.05, 0.1) is 12.1 Å². The summed E-state index contributed by atoms with van der Waals surface area (Å²) < 4.78 is 5.67. The molecule has 2 atom stereocenters. The molecule has 16 heavy (non-hydrogen) atoms. The Morgan fingerprint density at radius 3 is 3.06 bits per heavy atom. The lowest BCUT2D eigenvalue weighted by Crippen LogP contribution is -2.45. The maximum atomic E-state index is 5.67. The first-order valence-electron chi connectivity index (χ1n) is 5.93. The average Bonchev–Trinajstić information content (AvgIpc) is 2.79. The van der Waals surface area contributed by atoms with Crippen LogP contribution in [0.1, 0.15) is 24.0 Å². The van der Waals surface area contributed by atoms with Gasteiger partial charge in [-0.25, -0.2) is 0 Å². The lowest BCUT2D eigenvalue weighted by atomic mass is 9.99. The third-order valence-corrected chi connectivity index (χ3v) is 3.17. The Balaban J connectivity index is 2.00. The second-order valence-corrected chi connectivity index (χ2v) is 4.52. The minimum absolute atomic E-state index is 0.226. The summed E-state index contributed by atoms with van der Waals surface area (Å²) in [5.74, 6) is 5.61. The van der Waals surface area contributed by atoms with E-state index in [1.807, 2.05) is 0 Å². The van der Waals surface area contributed by atoms with Gasteiger partial charge in [0.1, 0.15) is 0 Å². The van der Waals surface area contributed by atoms with Crippen LogP contribution in [0.5, 0.6) is 0 Å². The highest BCUT2D eigenvalue weighted by Gasteiger charge is 2.25. The van der Waals surface area contributed by atoms with Gasteiger partial charge in [0.25, 0.3) is 0 Å². The Hall–Kier alpha value is -0.900. The Labute approximate surface area is 97.0 Å². The summed E-state index contributed by atoms with van der Waals surface area (Å²) >= 11 is 0. The smallest absolute Gasteiger partial charge is 0.0745 e. The van der Waals surface area contributed by atoms with E-state index in [2.05, 4.69) is 36.6 Å². The van der Waals surface area contributed by atoms with Crippen molar-refractivity contribution in [3.8, 4) is 0 Å². The zero-order valence-electron chi connectivity index (χ0n) is 9.78. The summed E-state index contributed by atoms with van der Waals surface area (Å²) in [7, 11) is 0. The standard InChI is InChI=1S/C13H20N2O/c1-10-4-2-5-11(8-10)9-12(15-14)13-6-3-7-16-13/h2,4-5,8,12-13,15H,3,6-7,9,14H2,1H3. The molecule has 0 aromatic heterocycles. The first-order valence-corrected chi connectivity index (χ1v) is 5.93. The predicted octanol–water partition coefficient (Wildman–Crippen LogP) is 1.55. The van der Waals surface area contributed by atoms with E-state index >= 15 is 0 Å². The van der Waals surface area contributed by atoms with Crippen molar-refractivity contribution < 1.29 is 4.74 Å². The number of rotatable bonds is 4. The van der Waals surface area contributed by atoms with Crippen molar-refractivity contribution in [2.45, 2.75) is 38.3 Å². The van der Waals surface area contributed by atoms with Crippen LogP contribution in [0.15, 0.2) is 24.3 Å². The first kappa shape index (κ1) is 11.6. The van der Waals surface area contributed by atoms with Crippen LogP contribution in [0.25, 0.3) is 0 Å². The molecule has 3 heteroatoms. The zero-order valence-corrected chi connectivity index (χ0v) is 9.78. The molecule has 88 valence electrons. The summed E-state index contributed by atoms with van der Waals surface area (Å²) in [5.41, 5.74) is 5.50. The number of hydrogen-bond acceptors (Lipinski definition) is 3. The topological polar surface area (TPSA) is 47.3 Å². The van der Waals surface area contributed by atoms with Crippen LogP contribution < -0.4 is 11.3 Å². The largest absolute Gasteiger partial charge is 0.377 e. The van der Waals surface area contributed by atoms with Gasteiger partial charge in [-0.2, -0.15) is 0 Å². The van der Waals surface area contributed by atoms with Crippen LogP contribution in [0.2, 0.25) is 0 Å². The monoisotopic (exact) mass is 220 g/mol. The molecule has 0 spiro atoms. The molecule has 0 amide bonds. The van der Waals surface area contributed by atoms with E-state index in [9.17, 15) is 0 Å². The van der Waals surface area contributed by atoms with Crippen LogP contribution in [-0.4, -0.2) is 18.8 Å². The minimum atomic E-state index is 0.226. The normalized spacial score (nSPS) is 22.2. The maximum absolute atomic E-state index is 5.67. The van der Waals surface area contributed by atoms with Gasteiger partial charge in [-0.3, -0.25) is 11.3 Å². The van der Waals surface area contributed by atoms with Crippen molar-refractivity contribution in [2.75, 3.05) is 6.61 Å². The molecule has 2 unspecified atom stereocenters. The Morgan fingerprint density at radius 2 is 2.44 bits per heavy atom. The number of ether oxygens (including phenoxy) is 1. The van der Waals surface area contributed by atoms with Crippen molar-refractivity contribution in [3.05, 3.63) is 35.4 Å². The van der Waals surface area contributed by atoms with Gasteiger partial charge in [0.15, 0.2) is 0 Å². The van der Waals surface area contributed by atoms with E-state index in [-0.39, 0.29) is 12.1 Å². The van der Waals surface area contributed by atoms with Gasteiger partial charge in [-0.15, -0.1) is 0 Å². The molecular weight excluding hydrogens is 200 g/mol. The highest BCUT2D eigenvalue weighted by molar-refractivity contribution is 5.23. The van der Waals surface area contributed by atoms with Gasteiger partial charge in [-0.1, -0.05) is 29.8 Å². The summed E-state index contributed by atoms with van der Waals surface area (Å²) in [5, 5.41) is 0. The van der Waals surface area contributed by atoms with Crippen LogP contribution >= 0.6 is 0 Å². The predicted molar refractivity (Wildman–Crippen MR) is 65.0 cm³/mol. The number of benzene rings is 1. The fraction of sp³-hybridized carbons (Fsp3) is 0.538. The molecule has 2 rings (SSSR count). The molecule has 1 aliphatic heterocycles. The minimum Gasteiger partial charge on any atom is -0.377 e. The van der Waals surface area contributed by atoms with Gasteiger partial charge in [-0.05, 0) is 31.7 Å². The first-order chi connectivity index (χ1) is 7.79. The van der Waals surface area contributed by atoms with Crippen LogP contribution in [-0.2, 0) is 11.2 Å². The molecule has 0 saturated carbocycles. The molecule has 0 radical (unpaired) electrons. The fourth-order valence-electron chi connectivity index (χ4n) is 2.31. The average molecular weight is 220 g/mol. The highest BCUT2D eigenvalue weighted by atomic mass is 16.5. The molecular formula is C13H20N2O. The molecule has 0 bridgehead atoms. The summed E-state index contributed by atoms with van der Waals surface area (Å²) in [6.45, 7) is 2.98. The van der Waals surface area contributed by atoms with Crippen molar-refractivity contribution in [1.29, 1.82) is 0 Å². The molecule has 3 nitrogen and oxygen atoms in total. The molecule has 1 aliphatic rings. The number of hydrogen-bond donors (Lipinski definition) is 2. The highest BCUT2D eigenvalue weighted by Crippen LogP contribution is 2.18. The van der Waals surface area contributed by atoms with Crippen LogP contribution in [0.4, 0.5) is 0 Å². The molecule has 3 N–H and O–H groups in total. The number of nitrogens with one attached hydrogen (secondary N) is 1. The SMILES string of the molecule is Cc1cccc(CC(NN)C2CCCO2)c1. The number of hydrazine groups is 1. The van der Waals surface area contributed by atoms with Gasteiger partial charge >= 0.3 is 0 Å². The molecule has 1 fully saturated rings.